The Hall–Kier alpha value is -2.84. The Kier molecular flexibility index (Phi) is 7.70. The van der Waals surface area contributed by atoms with Crippen LogP contribution in [0.2, 0.25) is 5.02 Å². The lowest BCUT2D eigenvalue weighted by atomic mass is 9.89. The molecule has 2 aromatic carbocycles. The zero-order chi connectivity index (χ0) is 22.4. The Morgan fingerprint density at radius 2 is 1.71 bits per heavy atom. The first-order chi connectivity index (χ1) is 14.9. The maximum absolute atomic E-state index is 13.2. The van der Waals surface area contributed by atoms with Crippen LogP contribution in [-0.4, -0.2) is 35.8 Å². The molecule has 1 aliphatic rings. The second kappa shape index (κ2) is 10.5. The van der Waals surface area contributed by atoms with Gasteiger partial charge in [0.2, 0.25) is 5.91 Å². The molecular formula is C25H28ClN3O2. The van der Waals surface area contributed by atoms with Crippen molar-refractivity contribution in [3.8, 4) is 6.07 Å². The maximum atomic E-state index is 13.2. The van der Waals surface area contributed by atoms with Crippen LogP contribution in [0.15, 0.2) is 48.5 Å². The van der Waals surface area contributed by atoms with Gasteiger partial charge in [0.15, 0.2) is 0 Å². The molecule has 0 unspecified atom stereocenters. The highest BCUT2D eigenvalue weighted by atomic mass is 35.5. The summed E-state index contributed by atoms with van der Waals surface area (Å²) in [5.74, 6) is 0.0919. The highest BCUT2D eigenvalue weighted by molar-refractivity contribution is 6.30. The third-order valence-electron chi connectivity index (χ3n) is 5.87. The highest BCUT2D eigenvalue weighted by Gasteiger charge is 2.31. The smallest absolute Gasteiger partial charge is 0.251 e. The minimum atomic E-state index is -0.571. The molecule has 1 fully saturated rings. The number of piperidine rings is 1. The van der Waals surface area contributed by atoms with Crippen LogP contribution in [0.1, 0.15) is 54.1 Å². The summed E-state index contributed by atoms with van der Waals surface area (Å²) in [6.07, 6.45) is 2.10. The standard InChI is InChI=1S/C25H28ClN3O2/c1-17(2)23(28-24(30)21-5-3-18(4-6-21)11-14-27)25(31)29-15-12-20(13-16-29)19-7-9-22(26)10-8-19/h3-10,17,20,23H,11-13,15-16H2,1-2H3,(H,28,30)/t23-/m1/s1. The molecule has 1 saturated heterocycles. The SMILES string of the molecule is CC(C)[C@@H](NC(=O)c1ccc(CC#N)cc1)C(=O)N1CCC(c2ccc(Cl)cc2)CC1. The van der Waals surface area contributed by atoms with Gasteiger partial charge < -0.3 is 10.2 Å². The number of halogens is 1. The Morgan fingerprint density at radius 1 is 1.10 bits per heavy atom. The molecule has 1 atom stereocenters. The van der Waals surface area contributed by atoms with Crippen molar-refractivity contribution < 1.29 is 9.59 Å². The first-order valence-corrected chi connectivity index (χ1v) is 11.1. The lowest BCUT2D eigenvalue weighted by Crippen LogP contribution is -2.52. The van der Waals surface area contributed by atoms with Crippen LogP contribution < -0.4 is 5.32 Å². The molecule has 1 N–H and O–H groups in total. The summed E-state index contributed by atoms with van der Waals surface area (Å²) in [6.45, 7) is 5.24. The average Bonchev–Trinajstić information content (AvgIpc) is 2.78. The number of likely N-dealkylation sites (tertiary alicyclic amines) is 1. The van der Waals surface area contributed by atoms with Gasteiger partial charge in [0.05, 0.1) is 12.5 Å². The summed E-state index contributed by atoms with van der Waals surface area (Å²) >= 11 is 5.99. The largest absolute Gasteiger partial charge is 0.341 e. The highest BCUT2D eigenvalue weighted by Crippen LogP contribution is 2.29. The van der Waals surface area contributed by atoms with Gasteiger partial charge in [0, 0.05) is 23.7 Å². The molecule has 0 spiro atoms. The van der Waals surface area contributed by atoms with Crippen LogP contribution in [0.25, 0.3) is 0 Å². The van der Waals surface area contributed by atoms with E-state index >= 15 is 0 Å². The van der Waals surface area contributed by atoms with E-state index in [1.165, 1.54) is 5.56 Å². The molecule has 0 bridgehead atoms. The molecule has 3 rings (SSSR count). The van der Waals surface area contributed by atoms with E-state index in [2.05, 4.69) is 23.5 Å². The van der Waals surface area contributed by atoms with E-state index in [1.807, 2.05) is 30.9 Å². The summed E-state index contributed by atoms with van der Waals surface area (Å²) in [7, 11) is 0. The molecule has 0 radical (unpaired) electrons. The first kappa shape index (κ1) is 22.8. The van der Waals surface area contributed by atoms with Crippen LogP contribution in [0.3, 0.4) is 0 Å². The topological polar surface area (TPSA) is 73.2 Å². The van der Waals surface area contributed by atoms with Crippen molar-refractivity contribution in [2.24, 2.45) is 5.92 Å². The molecule has 162 valence electrons. The minimum absolute atomic E-state index is 0.0247. The van der Waals surface area contributed by atoms with E-state index in [1.54, 1.807) is 24.3 Å². The molecule has 0 saturated carbocycles. The number of hydrogen-bond acceptors (Lipinski definition) is 3. The van der Waals surface area contributed by atoms with E-state index in [-0.39, 0.29) is 17.7 Å². The van der Waals surface area contributed by atoms with E-state index in [0.29, 0.717) is 31.0 Å². The monoisotopic (exact) mass is 437 g/mol. The first-order valence-electron chi connectivity index (χ1n) is 10.7. The number of nitrogens with zero attached hydrogens (tertiary/aromatic N) is 2. The van der Waals surface area contributed by atoms with E-state index in [0.717, 1.165) is 23.4 Å². The number of amides is 2. The normalized spacial score (nSPS) is 15.4. The third kappa shape index (κ3) is 5.86. The molecule has 1 heterocycles. The molecule has 6 heteroatoms. The lowest BCUT2D eigenvalue weighted by Gasteiger charge is -2.35. The van der Waals surface area contributed by atoms with Crippen molar-refractivity contribution >= 4 is 23.4 Å². The summed E-state index contributed by atoms with van der Waals surface area (Å²) < 4.78 is 0. The van der Waals surface area contributed by atoms with Gasteiger partial charge in [-0.05, 0) is 60.1 Å². The second-order valence-corrected chi connectivity index (χ2v) is 8.81. The van der Waals surface area contributed by atoms with E-state index < -0.39 is 6.04 Å². The fourth-order valence-electron chi connectivity index (χ4n) is 3.97. The van der Waals surface area contributed by atoms with Crippen molar-refractivity contribution in [2.45, 2.75) is 45.1 Å². The fourth-order valence-corrected chi connectivity index (χ4v) is 4.09. The van der Waals surface area contributed by atoms with Gasteiger partial charge in [-0.1, -0.05) is 49.7 Å². The predicted octanol–water partition coefficient (Wildman–Crippen LogP) is 4.57. The molecule has 5 nitrogen and oxygen atoms in total. The average molecular weight is 438 g/mol. The van der Waals surface area contributed by atoms with Crippen molar-refractivity contribution in [1.82, 2.24) is 10.2 Å². The van der Waals surface area contributed by atoms with Gasteiger partial charge in [-0.3, -0.25) is 9.59 Å². The number of carbonyl (C=O) groups is 2. The van der Waals surface area contributed by atoms with Gasteiger partial charge in [0.1, 0.15) is 6.04 Å². The lowest BCUT2D eigenvalue weighted by molar-refractivity contribution is -0.135. The Labute approximate surface area is 189 Å². The maximum Gasteiger partial charge on any atom is 0.251 e. The Morgan fingerprint density at radius 3 is 2.26 bits per heavy atom. The molecule has 2 amide bonds. The van der Waals surface area contributed by atoms with Crippen molar-refractivity contribution in [3.05, 3.63) is 70.2 Å². The van der Waals surface area contributed by atoms with Gasteiger partial charge in [-0.15, -0.1) is 0 Å². The van der Waals surface area contributed by atoms with Crippen molar-refractivity contribution in [1.29, 1.82) is 5.26 Å². The zero-order valence-corrected chi connectivity index (χ0v) is 18.7. The van der Waals surface area contributed by atoms with Crippen LogP contribution >= 0.6 is 11.6 Å². The summed E-state index contributed by atoms with van der Waals surface area (Å²) in [4.78, 5) is 27.8. The number of benzene rings is 2. The summed E-state index contributed by atoms with van der Waals surface area (Å²) in [6, 6.07) is 16.4. The fraction of sp³-hybridized carbons (Fsp3) is 0.400. The number of nitriles is 1. The van der Waals surface area contributed by atoms with E-state index in [4.69, 9.17) is 16.9 Å². The van der Waals surface area contributed by atoms with Gasteiger partial charge >= 0.3 is 0 Å². The minimum Gasteiger partial charge on any atom is -0.341 e. The van der Waals surface area contributed by atoms with Crippen LogP contribution in [-0.2, 0) is 11.2 Å². The van der Waals surface area contributed by atoms with Gasteiger partial charge in [0.25, 0.3) is 5.91 Å². The Bertz CT molecular complexity index is 940. The van der Waals surface area contributed by atoms with E-state index in [9.17, 15) is 9.59 Å². The molecule has 0 aromatic heterocycles. The number of rotatable bonds is 6. The molecular weight excluding hydrogens is 410 g/mol. The summed E-state index contributed by atoms with van der Waals surface area (Å²) in [5.41, 5.74) is 2.60. The van der Waals surface area contributed by atoms with Crippen molar-refractivity contribution in [3.63, 3.8) is 0 Å². The number of nitrogens with one attached hydrogen (secondary N) is 1. The molecule has 31 heavy (non-hydrogen) atoms. The third-order valence-corrected chi connectivity index (χ3v) is 6.12. The second-order valence-electron chi connectivity index (χ2n) is 8.38. The zero-order valence-electron chi connectivity index (χ0n) is 18.0. The van der Waals surface area contributed by atoms with Crippen molar-refractivity contribution in [2.75, 3.05) is 13.1 Å². The predicted molar refractivity (Wildman–Crippen MR) is 122 cm³/mol. The molecule has 1 aliphatic heterocycles. The summed E-state index contributed by atoms with van der Waals surface area (Å²) in [5, 5.41) is 12.4. The van der Waals surface area contributed by atoms with Gasteiger partial charge in [-0.25, -0.2) is 0 Å². The van der Waals surface area contributed by atoms with Gasteiger partial charge in [-0.2, -0.15) is 5.26 Å². The van der Waals surface area contributed by atoms with Crippen LogP contribution in [0.5, 0.6) is 0 Å². The Balaban J connectivity index is 1.61. The quantitative estimate of drug-likeness (QED) is 0.719. The number of carbonyl (C=O) groups excluding carboxylic acids is 2. The van der Waals surface area contributed by atoms with Crippen LogP contribution in [0, 0.1) is 17.2 Å². The molecule has 0 aliphatic carbocycles. The number of hydrogen-bond donors (Lipinski definition) is 1. The molecule has 2 aromatic rings. The van der Waals surface area contributed by atoms with Crippen LogP contribution in [0.4, 0.5) is 0 Å².